The van der Waals surface area contributed by atoms with Gasteiger partial charge in [0.15, 0.2) is 0 Å². The van der Waals surface area contributed by atoms with Gasteiger partial charge in [0.25, 0.3) is 0 Å². The van der Waals surface area contributed by atoms with Crippen LogP contribution in [0, 0.1) is 0 Å². The van der Waals surface area contributed by atoms with Gasteiger partial charge in [-0.05, 0) is 39.7 Å². The first-order chi connectivity index (χ1) is 7.36. The summed E-state index contributed by atoms with van der Waals surface area (Å²) in [6, 6.07) is 0. The Bertz CT molecular complexity index is 267. The first-order valence-corrected chi connectivity index (χ1v) is 8.54. The Morgan fingerprint density at radius 1 is 1.25 bits per heavy atom. The summed E-state index contributed by atoms with van der Waals surface area (Å²) in [5, 5.41) is 0. The smallest absolute Gasteiger partial charge is 0.203 e. The van der Waals surface area contributed by atoms with Gasteiger partial charge in [-0.1, -0.05) is 12.8 Å². The Kier molecular flexibility index (Phi) is 5.72. The molecular weight excluding hydrogens is 261 g/mol. The zero-order chi connectivity index (χ0) is 12.3. The Balaban J connectivity index is 2.73. The number of nitrogens with zero attached hydrogens (tertiary/aromatic N) is 3. The van der Waals surface area contributed by atoms with E-state index in [0.29, 0.717) is 0 Å². The average molecular weight is 283 g/mol. The highest BCUT2D eigenvalue weighted by Crippen LogP contribution is 2.54. The van der Waals surface area contributed by atoms with Crippen molar-refractivity contribution in [1.82, 2.24) is 13.6 Å². The van der Waals surface area contributed by atoms with Gasteiger partial charge in [-0.3, -0.25) is 4.31 Å². The molecule has 0 spiro atoms. The molecule has 1 aliphatic rings. The van der Waals surface area contributed by atoms with Crippen LogP contribution in [0.15, 0.2) is 0 Å². The maximum absolute atomic E-state index is 6.01. The lowest BCUT2D eigenvalue weighted by molar-refractivity contribution is 0.198. The van der Waals surface area contributed by atoms with Crippen molar-refractivity contribution in [3.63, 3.8) is 0 Å². The lowest BCUT2D eigenvalue weighted by Gasteiger charge is -2.42. The van der Waals surface area contributed by atoms with Crippen LogP contribution in [0.25, 0.3) is 0 Å². The molecule has 1 heterocycles. The summed E-state index contributed by atoms with van der Waals surface area (Å²) in [5.41, 5.74) is 0. The molecule has 1 rings (SSSR count). The van der Waals surface area contributed by atoms with Crippen LogP contribution in [0.3, 0.4) is 0 Å². The molecule has 1 saturated heterocycles. The van der Waals surface area contributed by atoms with Gasteiger partial charge < -0.3 is 4.52 Å². The Morgan fingerprint density at radius 3 is 2.12 bits per heavy atom. The Labute approximate surface area is 110 Å². The largest absolute Gasteiger partial charge is 0.324 e. The minimum Gasteiger partial charge on any atom is -0.324 e. The monoisotopic (exact) mass is 283 g/mol. The molecule has 0 aliphatic carbocycles. The summed E-state index contributed by atoms with van der Waals surface area (Å²) in [7, 11) is 4.02. The summed E-state index contributed by atoms with van der Waals surface area (Å²) in [5.74, 6) is 0. The van der Waals surface area contributed by atoms with E-state index >= 15 is 0 Å². The minimum atomic E-state index is -2.01. The normalized spacial score (nSPS) is 23.9. The van der Waals surface area contributed by atoms with Crippen molar-refractivity contribution in [1.29, 1.82) is 0 Å². The molecule has 96 valence electrons. The second-order valence-electron chi connectivity index (χ2n) is 4.40. The predicted octanol–water partition coefficient (Wildman–Crippen LogP) is 1.66. The third kappa shape index (κ3) is 3.67. The van der Waals surface area contributed by atoms with Crippen molar-refractivity contribution < 1.29 is 4.52 Å². The highest BCUT2D eigenvalue weighted by molar-refractivity contribution is 8.09. The van der Waals surface area contributed by atoms with Crippen LogP contribution in [0.5, 0.6) is 0 Å². The number of hydrogen-bond donors (Lipinski definition) is 1. The third-order valence-electron chi connectivity index (χ3n) is 2.44. The van der Waals surface area contributed by atoms with Crippen molar-refractivity contribution >= 4 is 31.2 Å². The first kappa shape index (κ1) is 14.9. The molecular formula is C9H22N3OPS2. The van der Waals surface area contributed by atoms with Crippen molar-refractivity contribution in [2.24, 2.45) is 0 Å². The van der Waals surface area contributed by atoms with E-state index in [9.17, 15) is 0 Å². The van der Waals surface area contributed by atoms with E-state index in [2.05, 4.69) is 22.2 Å². The molecule has 0 aromatic carbocycles. The highest BCUT2D eigenvalue weighted by Gasteiger charge is 2.32. The lowest BCUT2D eigenvalue weighted by Crippen LogP contribution is -2.43. The molecule has 1 atom stereocenters. The average Bonchev–Trinajstić information content (AvgIpc) is 2.17. The summed E-state index contributed by atoms with van der Waals surface area (Å²) in [6.07, 6.45) is 0.169. The first-order valence-electron chi connectivity index (χ1n) is 5.51. The fourth-order valence-electron chi connectivity index (χ4n) is 1.63. The van der Waals surface area contributed by atoms with E-state index < -0.39 is 6.57 Å². The molecule has 0 amide bonds. The van der Waals surface area contributed by atoms with Gasteiger partial charge in [0.2, 0.25) is 6.57 Å². The van der Waals surface area contributed by atoms with Crippen LogP contribution < -0.4 is 0 Å². The van der Waals surface area contributed by atoms with Gasteiger partial charge in [0.1, 0.15) is 0 Å². The molecule has 7 heteroatoms. The molecule has 0 aromatic heterocycles. The van der Waals surface area contributed by atoms with Gasteiger partial charge in [-0.25, -0.2) is 9.34 Å². The standard InChI is InChI=1S/C9H22N3OPS2/c1-9(2)13-14(16,10(3)4)11-5-7-12(15)8-6-11/h9,15H,5-8H2,1-4H3. The van der Waals surface area contributed by atoms with E-state index in [1.165, 1.54) is 0 Å². The number of rotatable bonds is 4. The molecule has 16 heavy (non-hydrogen) atoms. The summed E-state index contributed by atoms with van der Waals surface area (Å²) >= 11 is 10.1. The molecule has 0 radical (unpaired) electrons. The van der Waals surface area contributed by atoms with E-state index in [-0.39, 0.29) is 6.10 Å². The second kappa shape index (κ2) is 6.14. The zero-order valence-electron chi connectivity index (χ0n) is 10.5. The van der Waals surface area contributed by atoms with Crippen molar-refractivity contribution in [2.75, 3.05) is 40.3 Å². The zero-order valence-corrected chi connectivity index (χ0v) is 13.1. The molecule has 0 aromatic rings. The summed E-state index contributed by atoms with van der Waals surface area (Å²) in [4.78, 5) is 0. The van der Waals surface area contributed by atoms with E-state index in [1.807, 2.05) is 32.2 Å². The van der Waals surface area contributed by atoms with Gasteiger partial charge in [0, 0.05) is 26.2 Å². The van der Waals surface area contributed by atoms with Crippen LogP contribution in [0.1, 0.15) is 13.8 Å². The lowest BCUT2D eigenvalue weighted by atomic mass is 10.4. The highest BCUT2D eigenvalue weighted by atomic mass is 32.5. The summed E-state index contributed by atoms with van der Waals surface area (Å²) < 4.78 is 12.4. The van der Waals surface area contributed by atoms with E-state index in [0.717, 1.165) is 26.2 Å². The molecule has 0 saturated carbocycles. The molecule has 4 nitrogen and oxygen atoms in total. The van der Waals surface area contributed by atoms with Crippen LogP contribution in [0.4, 0.5) is 0 Å². The van der Waals surface area contributed by atoms with Crippen LogP contribution in [0.2, 0.25) is 0 Å². The topological polar surface area (TPSA) is 19.0 Å². The van der Waals surface area contributed by atoms with E-state index in [1.54, 1.807) is 0 Å². The quantitative estimate of drug-likeness (QED) is 0.623. The van der Waals surface area contributed by atoms with Gasteiger partial charge in [-0.15, -0.1) is 0 Å². The fourth-order valence-corrected chi connectivity index (χ4v) is 4.87. The number of thiol groups is 1. The maximum atomic E-state index is 6.01. The second-order valence-corrected chi connectivity index (χ2v) is 8.95. The Hall–Kier alpha value is 0.840. The molecule has 0 N–H and O–H groups in total. The Morgan fingerprint density at radius 2 is 1.75 bits per heavy atom. The number of piperazine rings is 1. The van der Waals surface area contributed by atoms with Gasteiger partial charge in [-0.2, -0.15) is 0 Å². The molecule has 1 fully saturated rings. The predicted molar refractivity (Wildman–Crippen MR) is 76.3 cm³/mol. The van der Waals surface area contributed by atoms with Gasteiger partial charge in [0.05, 0.1) is 6.10 Å². The van der Waals surface area contributed by atoms with E-state index in [4.69, 9.17) is 16.3 Å². The van der Waals surface area contributed by atoms with Gasteiger partial charge >= 0.3 is 0 Å². The van der Waals surface area contributed by atoms with Crippen LogP contribution in [-0.2, 0) is 16.3 Å². The molecule has 1 aliphatic heterocycles. The van der Waals surface area contributed by atoms with Crippen LogP contribution >= 0.6 is 19.4 Å². The number of hydrogen-bond acceptors (Lipinski definition) is 4. The van der Waals surface area contributed by atoms with Crippen molar-refractivity contribution in [3.05, 3.63) is 0 Å². The van der Waals surface area contributed by atoms with Crippen molar-refractivity contribution in [3.8, 4) is 0 Å². The van der Waals surface area contributed by atoms with Crippen LogP contribution in [-0.4, -0.2) is 60.0 Å². The molecule has 0 bridgehead atoms. The SMILES string of the molecule is CC(C)OP(=S)(N(C)C)N1CCN(S)CC1. The minimum absolute atomic E-state index is 0.169. The third-order valence-corrected chi connectivity index (χ3v) is 7.60. The fraction of sp³-hybridized carbons (Fsp3) is 1.00. The van der Waals surface area contributed by atoms with Crippen molar-refractivity contribution in [2.45, 2.75) is 20.0 Å². The molecule has 1 unspecified atom stereocenters. The maximum Gasteiger partial charge on any atom is 0.203 e. The summed E-state index contributed by atoms with van der Waals surface area (Å²) in [6.45, 7) is 5.83.